The fourth-order valence-electron chi connectivity index (χ4n) is 3.73. The molecule has 1 aromatic carbocycles. The lowest BCUT2D eigenvalue weighted by molar-refractivity contribution is -0.140. The van der Waals surface area contributed by atoms with Crippen LogP contribution in [0.4, 0.5) is 0 Å². The van der Waals surface area contributed by atoms with Gasteiger partial charge in [0.1, 0.15) is 23.3 Å². The number of hydrogen-bond acceptors (Lipinski definition) is 6. The van der Waals surface area contributed by atoms with Gasteiger partial charge in [-0.05, 0) is 60.2 Å². The summed E-state index contributed by atoms with van der Waals surface area (Å²) in [6, 6.07) is 11.8. The molecule has 1 amide bonds. The number of amides is 1. The zero-order valence-electron chi connectivity index (χ0n) is 18.2. The van der Waals surface area contributed by atoms with Gasteiger partial charge in [-0.2, -0.15) is 0 Å². The summed E-state index contributed by atoms with van der Waals surface area (Å²) < 4.78 is 11.2. The Labute approximate surface area is 190 Å². The number of thiophene rings is 1. The van der Waals surface area contributed by atoms with Crippen molar-refractivity contribution in [1.29, 1.82) is 0 Å². The van der Waals surface area contributed by atoms with Gasteiger partial charge in [-0.3, -0.25) is 9.59 Å². The van der Waals surface area contributed by atoms with Crippen LogP contribution in [0.25, 0.3) is 5.76 Å². The van der Waals surface area contributed by atoms with Crippen LogP contribution in [0.1, 0.15) is 41.7 Å². The monoisotopic (exact) mass is 451 g/mol. The topological polar surface area (TPSA) is 80.0 Å². The van der Waals surface area contributed by atoms with Crippen molar-refractivity contribution in [1.82, 2.24) is 4.90 Å². The third kappa shape index (κ3) is 4.21. The van der Waals surface area contributed by atoms with E-state index in [-0.39, 0.29) is 17.9 Å². The second-order valence-corrected chi connectivity index (χ2v) is 9.19. The molecule has 0 spiro atoms. The number of ketones is 1. The normalized spacial score (nSPS) is 18.0. The van der Waals surface area contributed by atoms with Gasteiger partial charge in [0.2, 0.25) is 0 Å². The summed E-state index contributed by atoms with van der Waals surface area (Å²) in [7, 11) is 0. The molecule has 1 aliphatic rings. The molecule has 6 nitrogen and oxygen atoms in total. The average molecular weight is 452 g/mol. The molecule has 32 heavy (non-hydrogen) atoms. The van der Waals surface area contributed by atoms with Crippen molar-refractivity contribution >= 4 is 28.8 Å². The van der Waals surface area contributed by atoms with Crippen molar-refractivity contribution in [2.75, 3.05) is 6.61 Å². The van der Waals surface area contributed by atoms with E-state index in [1.54, 1.807) is 30.3 Å². The Kier molecular flexibility index (Phi) is 6.19. The average Bonchev–Trinajstić information content (AvgIpc) is 3.51. The van der Waals surface area contributed by atoms with Crippen molar-refractivity contribution in [3.05, 3.63) is 81.4 Å². The predicted molar refractivity (Wildman–Crippen MR) is 122 cm³/mol. The zero-order valence-corrected chi connectivity index (χ0v) is 19.0. The molecule has 0 bridgehead atoms. The highest BCUT2D eigenvalue weighted by molar-refractivity contribution is 7.10. The molecular weight excluding hydrogens is 426 g/mol. The smallest absolute Gasteiger partial charge is 0.296 e. The number of aliphatic hydroxyl groups is 1. The Hall–Kier alpha value is -3.32. The van der Waals surface area contributed by atoms with Crippen molar-refractivity contribution in [3.63, 3.8) is 0 Å². The van der Waals surface area contributed by atoms with Gasteiger partial charge in [0.25, 0.3) is 11.7 Å². The first-order valence-corrected chi connectivity index (χ1v) is 11.3. The number of carbonyl (C=O) groups is 2. The van der Waals surface area contributed by atoms with E-state index in [4.69, 9.17) is 9.15 Å². The van der Waals surface area contributed by atoms with E-state index in [0.29, 0.717) is 23.8 Å². The largest absolute Gasteiger partial charge is 0.507 e. The lowest BCUT2D eigenvalue weighted by Gasteiger charge is -2.23. The van der Waals surface area contributed by atoms with E-state index >= 15 is 0 Å². The number of aliphatic hydroxyl groups excluding tert-OH is 1. The maximum Gasteiger partial charge on any atom is 0.296 e. The first-order chi connectivity index (χ1) is 15.4. The molecule has 4 rings (SSSR count). The van der Waals surface area contributed by atoms with Gasteiger partial charge in [0, 0.05) is 10.4 Å². The van der Waals surface area contributed by atoms with Crippen LogP contribution in [0.2, 0.25) is 0 Å². The molecular formula is C25H25NO5S. The van der Waals surface area contributed by atoms with E-state index in [2.05, 4.69) is 13.8 Å². The lowest BCUT2D eigenvalue weighted by atomic mass is 9.98. The molecule has 0 radical (unpaired) electrons. The second kappa shape index (κ2) is 9.04. The Morgan fingerprint density at radius 2 is 2.03 bits per heavy atom. The molecule has 1 saturated heterocycles. The lowest BCUT2D eigenvalue weighted by Crippen LogP contribution is -2.28. The van der Waals surface area contributed by atoms with Gasteiger partial charge in [-0.25, -0.2) is 0 Å². The number of ether oxygens (including phenoxy) is 1. The Morgan fingerprint density at radius 3 is 2.66 bits per heavy atom. The molecule has 3 aromatic rings. The van der Waals surface area contributed by atoms with Crippen LogP contribution in [0, 0.1) is 12.8 Å². The molecule has 7 heteroatoms. The maximum atomic E-state index is 13.0. The first-order valence-electron chi connectivity index (χ1n) is 10.4. The Morgan fingerprint density at radius 1 is 1.22 bits per heavy atom. The molecule has 0 aliphatic carbocycles. The zero-order chi connectivity index (χ0) is 22.8. The Balaban J connectivity index is 1.75. The van der Waals surface area contributed by atoms with Crippen molar-refractivity contribution in [2.24, 2.45) is 5.92 Å². The number of Topliss-reactive ketones (excluding diaryl/α,β-unsaturated/α-hetero) is 1. The summed E-state index contributed by atoms with van der Waals surface area (Å²) >= 11 is 1.43. The summed E-state index contributed by atoms with van der Waals surface area (Å²) in [5.41, 5.74) is 1.39. The molecule has 1 aliphatic heterocycles. The van der Waals surface area contributed by atoms with E-state index in [1.807, 2.05) is 24.4 Å². The number of likely N-dealkylation sites (tertiary alicyclic amines) is 1. The Bertz CT molecular complexity index is 1150. The van der Waals surface area contributed by atoms with E-state index < -0.39 is 17.7 Å². The maximum absolute atomic E-state index is 13.0. The van der Waals surface area contributed by atoms with Gasteiger partial charge in [-0.1, -0.05) is 19.9 Å². The third-order valence-electron chi connectivity index (χ3n) is 5.28. The third-order valence-corrected chi connectivity index (χ3v) is 6.20. The van der Waals surface area contributed by atoms with Crippen molar-refractivity contribution < 1.29 is 23.8 Å². The van der Waals surface area contributed by atoms with Gasteiger partial charge in [0.15, 0.2) is 0 Å². The number of carbonyl (C=O) groups excluding carboxylic acids is 2. The number of nitrogens with zero attached hydrogens (tertiary/aromatic N) is 1. The van der Waals surface area contributed by atoms with Gasteiger partial charge >= 0.3 is 0 Å². The van der Waals surface area contributed by atoms with Crippen LogP contribution < -0.4 is 4.74 Å². The SMILES string of the molecule is Cc1cc(/C(O)=C2/C(=O)C(=O)N(Cc3ccco3)C2c2cccs2)ccc1OCC(C)C. The molecule has 1 fully saturated rings. The van der Waals surface area contributed by atoms with Crippen molar-refractivity contribution in [2.45, 2.75) is 33.4 Å². The van der Waals surface area contributed by atoms with E-state index in [1.165, 1.54) is 22.5 Å². The van der Waals surface area contributed by atoms with Crippen LogP contribution >= 0.6 is 11.3 Å². The molecule has 166 valence electrons. The minimum atomic E-state index is -0.703. The van der Waals surface area contributed by atoms with Crippen LogP contribution in [-0.4, -0.2) is 28.3 Å². The highest BCUT2D eigenvalue weighted by atomic mass is 32.1. The number of furan rings is 1. The summed E-state index contributed by atoms with van der Waals surface area (Å²) in [6.07, 6.45) is 1.53. The minimum absolute atomic E-state index is 0.0826. The molecule has 1 atom stereocenters. The number of benzene rings is 1. The molecule has 0 saturated carbocycles. The summed E-state index contributed by atoms with van der Waals surface area (Å²) in [5.74, 6) is 0.125. The summed E-state index contributed by atoms with van der Waals surface area (Å²) in [5, 5.41) is 13.1. The van der Waals surface area contributed by atoms with Gasteiger partial charge in [-0.15, -0.1) is 11.3 Å². The van der Waals surface area contributed by atoms with Crippen molar-refractivity contribution in [3.8, 4) is 5.75 Å². The van der Waals surface area contributed by atoms with Crippen LogP contribution in [0.3, 0.4) is 0 Å². The predicted octanol–water partition coefficient (Wildman–Crippen LogP) is 5.31. The first kappa shape index (κ1) is 21.9. The van der Waals surface area contributed by atoms with Crippen LogP contribution in [0.5, 0.6) is 5.75 Å². The van der Waals surface area contributed by atoms with Gasteiger partial charge in [0.05, 0.1) is 25.0 Å². The molecule has 1 N–H and O–H groups in total. The summed E-state index contributed by atoms with van der Waals surface area (Å²) in [4.78, 5) is 28.2. The summed E-state index contributed by atoms with van der Waals surface area (Å²) in [6.45, 7) is 6.75. The minimum Gasteiger partial charge on any atom is -0.507 e. The fourth-order valence-corrected chi connectivity index (χ4v) is 4.57. The second-order valence-electron chi connectivity index (χ2n) is 8.21. The van der Waals surface area contributed by atoms with Crippen LogP contribution in [-0.2, 0) is 16.1 Å². The van der Waals surface area contributed by atoms with Crippen LogP contribution in [0.15, 0.2) is 64.1 Å². The number of rotatable bonds is 7. The molecule has 1 unspecified atom stereocenters. The highest BCUT2D eigenvalue weighted by Gasteiger charge is 2.46. The standard InChI is InChI=1S/C25H25NO5S/c1-15(2)14-31-19-9-8-17(12-16(19)3)23(27)21-22(20-7-5-11-32-20)26(25(29)24(21)28)13-18-6-4-10-30-18/h4-12,15,22,27H,13-14H2,1-3H3/b23-21-. The highest BCUT2D eigenvalue weighted by Crippen LogP contribution is 2.42. The van der Waals surface area contributed by atoms with E-state index in [9.17, 15) is 14.7 Å². The molecule has 2 aromatic heterocycles. The number of hydrogen-bond donors (Lipinski definition) is 1. The quantitative estimate of drug-likeness (QED) is 0.299. The number of aryl methyl sites for hydroxylation is 1. The van der Waals surface area contributed by atoms with E-state index in [0.717, 1.165) is 16.2 Å². The molecule has 3 heterocycles. The fraction of sp³-hybridized carbons (Fsp3) is 0.280. The van der Waals surface area contributed by atoms with Gasteiger partial charge < -0.3 is 19.2 Å².